The van der Waals surface area contributed by atoms with Gasteiger partial charge in [-0.2, -0.15) is 0 Å². The van der Waals surface area contributed by atoms with Crippen LogP contribution in [0.15, 0.2) is 18.2 Å². The van der Waals surface area contributed by atoms with Crippen LogP contribution in [-0.2, 0) is 0 Å². The van der Waals surface area contributed by atoms with Crippen molar-refractivity contribution in [2.24, 2.45) is 0 Å². The maximum absolute atomic E-state index is 5.03. The third kappa shape index (κ3) is 1.34. The van der Waals surface area contributed by atoms with Gasteiger partial charge in [0.1, 0.15) is 0 Å². The minimum atomic E-state index is 0.851. The highest BCUT2D eigenvalue weighted by Gasteiger charge is 1.98. The molecule has 0 aliphatic heterocycles. The van der Waals surface area contributed by atoms with Gasteiger partial charge in [-0.3, -0.25) is 0 Å². The number of rotatable bonds is 0. The van der Waals surface area contributed by atoms with E-state index < -0.39 is 0 Å². The molecule has 0 amide bonds. The minimum Gasteiger partial charge on any atom is -0.336 e. The zero-order chi connectivity index (χ0) is 7.84. The van der Waals surface area contributed by atoms with E-state index in [4.69, 9.17) is 12.2 Å². The van der Waals surface area contributed by atoms with Crippen molar-refractivity contribution in [1.29, 1.82) is 0 Å². The van der Waals surface area contributed by atoms with E-state index in [1.807, 2.05) is 6.07 Å². The van der Waals surface area contributed by atoms with Gasteiger partial charge in [0.25, 0.3) is 0 Å². The summed E-state index contributed by atoms with van der Waals surface area (Å²) in [5, 5.41) is 0. The molecule has 0 aliphatic rings. The molecule has 2 aromatic rings. The van der Waals surface area contributed by atoms with Crippen molar-refractivity contribution in [1.82, 2.24) is 4.98 Å². The topological polar surface area (TPSA) is 15.8 Å². The predicted molar refractivity (Wildman–Crippen MR) is 59.7 cm³/mol. The van der Waals surface area contributed by atoms with Gasteiger partial charge >= 0.3 is 0 Å². The fourth-order valence-corrected chi connectivity index (χ4v) is 2.89. The molecule has 1 N–H and O–H groups in total. The third-order valence-electron chi connectivity index (χ3n) is 1.41. The summed E-state index contributed by atoms with van der Waals surface area (Å²) < 4.78 is 3.32. The van der Waals surface area contributed by atoms with Gasteiger partial charge in [0.2, 0.25) is 0 Å². The molecule has 0 saturated carbocycles. The number of halogens is 1. The molecular formula is C7H4INS2. The molecule has 0 fully saturated rings. The van der Waals surface area contributed by atoms with Crippen LogP contribution in [0, 0.1) is 7.52 Å². The Morgan fingerprint density at radius 3 is 3.00 bits per heavy atom. The fourth-order valence-electron chi connectivity index (χ4n) is 0.938. The second-order valence-electron chi connectivity index (χ2n) is 2.13. The lowest BCUT2D eigenvalue weighted by atomic mass is 10.3. The molecule has 4 heteroatoms. The summed E-state index contributed by atoms with van der Waals surface area (Å²) in [6.45, 7) is 0. The lowest BCUT2D eigenvalue weighted by Gasteiger charge is -1.89. The van der Waals surface area contributed by atoms with Crippen LogP contribution >= 0.6 is 46.1 Å². The number of thiazole rings is 1. The molecule has 0 aliphatic carbocycles. The maximum atomic E-state index is 5.03. The highest BCUT2D eigenvalue weighted by Crippen LogP contribution is 2.23. The second-order valence-corrected chi connectivity index (χ2v) is 5.01. The van der Waals surface area contributed by atoms with E-state index in [-0.39, 0.29) is 0 Å². The number of aromatic amines is 1. The molecule has 1 nitrogen and oxygen atoms in total. The quantitative estimate of drug-likeness (QED) is 0.580. The third-order valence-corrected chi connectivity index (χ3v) is 3.50. The largest absolute Gasteiger partial charge is 0.336 e. The Labute approximate surface area is 86.6 Å². The van der Waals surface area contributed by atoms with E-state index >= 15 is 0 Å². The van der Waals surface area contributed by atoms with Crippen molar-refractivity contribution in [3.05, 3.63) is 25.7 Å². The van der Waals surface area contributed by atoms with Crippen molar-refractivity contribution < 1.29 is 0 Å². The van der Waals surface area contributed by atoms with Crippen molar-refractivity contribution in [2.75, 3.05) is 0 Å². The SMILES string of the molecule is S=c1[nH]c2c(I)cccc2s1. The molecule has 0 saturated heterocycles. The number of hydrogen-bond donors (Lipinski definition) is 1. The highest BCUT2D eigenvalue weighted by atomic mass is 127. The van der Waals surface area contributed by atoms with Crippen molar-refractivity contribution >= 4 is 56.4 Å². The number of H-pyrrole nitrogens is 1. The molecule has 0 spiro atoms. The Balaban J connectivity index is 3.01. The molecule has 1 heterocycles. The van der Waals surface area contributed by atoms with Crippen LogP contribution in [0.4, 0.5) is 0 Å². The monoisotopic (exact) mass is 293 g/mol. The Hall–Kier alpha value is 0.0600. The molecule has 0 bridgehead atoms. The van der Waals surface area contributed by atoms with Gasteiger partial charge in [-0.05, 0) is 46.9 Å². The highest BCUT2D eigenvalue weighted by molar-refractivity contribution is 14.1. The molecular weight excluding hydrogens is 289 g/mol. The van der Waals surface area contributed by atoms with E-state index in [1.165, 1.54) is 13.8 Å². The number of para-hydroxylation sites is 1. The van der Waals surface area contributed by atoms with Gasteiger partial charge in [0.15, 0.2) is 3.95 Å². The van der Waals surface area contributed by atoms with Crippen molar-refractivity contribution in [2.45, 2.75) is 0 Å². The van der Waals surface area contributed by atoms with E-state index in [1.54, 1.807) is 11.3 Å². The zero-order valence-electron chi connectivity index (χ0n) is 5.43. The van der Waals surface area contributed by atoms with E-state index in [0.29, 0.717) is 0 Å². The summed E-state index contributed by atoms with van der Waals surface area (Å²) >= 11 is 8.95. The Morgan fingerprint density at radius 2 is 2.27 bits per heavy atom. The summed E-state index contributed by atoms with van der Waals surface area (Å²) in [7, 11) is 0. The summed E-state index contributed by atoms with van der Waals surface area (Å²) in [6.07, 6.45) is 0. The summed E-state index contributed by atoms with van der Waals surface area (Å²) in [6, 6.07) is 6.19. The number of nitrogens with one attached hydrogen (secondary N) is 1. The first-order valence-electron chi connectivity index (χ1n) is 3.05. The number of fused-ring (bicyclic) bond motifs is 1. The van der Waals surface area contributed by atoms with Gasteiger partial charge in [-0.25, -0.2) is 0 Å². The number of hydrogen-bond acceptors (Lipinski definition) is 2. The summed E-state index contributed by atoms with van der Waals surface area (Å²) in [5.74, 6) is 0. The van der Waals surface area contributed by atoms with Crippen LogP contribution in [0.3, 0.4) is 0 Å². The molecule has 0 atom stereocenters. The molecule has 56 valence electrons. The van der Waals surface area contributed by atoms with Crippen LogP contribution in [0.2, 0.25) is 0 Å². The van der Waals surface area contributed by atoms with Crippen LogP contribution in [0.1, 0.15) is 0 Å². The van der Waals surface area contributed by atoms with Gasteiger partial charge in [-0.15, -0.1) is 11.3 Å². The minimum absolute atomic E-state index is 0.851. The Kier molecular flexibility index (Phi) is 1.98. The smallest absolute Gasteiger partial charge is 0.159 e. The summed E-state index contributed by atoms with van der Waals surface area (Å²) in [5.41, 5.74) is 1.17. The Morgan fingerprint density at radius 1 is 1.45 bits per heavy atom. The predicted octanol–water partition coefficient (Wildman–Crippen LogP) is 3.56. The van der Waals surface area contributed by atoms with E-state index in [9.17, 15) is 0 Å². The Bertz CT molecular complexity index is 443. The van der Waals surface area contributed by atoms with Crippen molar-refractivity contribution in [3.63, 3.8) is 0 Å². The van der Waals surface area contributed by atoms with E-state index in [2.05, 4.69) is 39.7 Å². The van der Waals surface area contributed by atoms with Gasteiger partial charge in [0, 0.05) is 3.57 Å². The first kappa shape index (κ1) is 7.70. The molecule has 2 rings (SSSR count). The number of aromatic nitrogens is 1. The van der Waals surface area contributed by atoms with Gasteiger partial charge in [0.05, 0.1) is 10.2 Å². The number of benzene rings is 1. The average Bonchev–Trinajstić information content (AvgIpc) is 2.31. The fraction of sp³-hybridized carbons (Fsp3) is 0. The van der Waals surface area contributed by atoms with Crippen LogP contribution in [0.5, 0.6) is 0 Å². The standard InChI is InChI=1S/C7H4INS2/c8-4-2-1-3-5-6(4)9-7(10)11-5/h1-3H,(H,9,10). The van der Waals surface area contributed by atoms with Crippen LogP contribution in [0.25, 0.3) is 10.2 Å². The maximum Gasteiger partial charge on any atom is 0.159 e. The van der Waals surface area contributed by atoms with Crippen LogP contribution in [-0.4, -0.2) is 4.98 Å². The second kappa shape index (κ2) is 2.84. The molecule has 11 heavy (non-hydrogen) atoms. The summed E-state index contributed by atoms with van der Waals surface area (Å²) in [4.78, 5) is 3.15. The van der Waals surface area contributed by atoms with Crippen LogP contribution < -0.4 is 0 Å². The first-order valence-corrected chi connectivity index (χ1v) is 5.35. The molecule has 1 aromatic heterocycles. The molecule has 0 unspecified atom stereocenters. The average molecular weight is 293 g/mol. The van der Waals surface area contributed by atoms with Gasteiger partial charge in [-0.1, -0.05) is 6.07 Å². The lowest BCUT2D eigenvalue weighted by molar-refractivity contribution is 1.46. The molecule has 0 radical (unpaired) electrons. The first-order chi connectivity index (χ1) is 5.27. The molecule has 1 aromatic carbocycles. The lowest BCUT2D eigenvalue weighted by Crippen LogP contribution is -1.72. The van der Waals surface area contributed by atoms with E-state index in [0.717, 1.165) is 3.95 Å². The van der Waals surface area contributed by atoms with Gasteiger partial charge < -0.3 is 4.98 Å². The van der Waals surface area contributed by atoms with Crippen molar-refractivity contribution in [3.8, 4) is 0 Å². The zero-order valence-corrected chi connectivity index (χ0v) is 9.22. The normalized spacial score (nSPS) is 10.6.